The quantitative estimate of drug-likeness (QED) is 0.178. The molecule has 15 heteroatoms. The van der Waals surface area contributed by atoms with Gasteiger partial charge in [0.25, 0.3) is 5.09 Å². The van der Waals surface area contributed by atoms with Crippen molar-refractivity contribution in [2.45, 2.75) is 32.4 Å². The molecule has 1 aliphatic heterocycles. The van der Waals surface area contributed by atoms with E-state index in [1.54, 1.807) is 24.9 Å². The number of hydrogen-bond acceptors (Lipinski definition) is 10. The molecule has 2 atom stereocenters. The minimum atomic E-state index is -4.91. The molecule has 1 aliphatic rings. The summed E-state index contributed by atoms with van der Waals surface area (Å²) in [7, 11) is 1.59. The Morgan fingerprint density at radius 3 is 2.54 bits per heavy atom. The van der Waals surface area contributed by atoms with Gasteiger partial charge < -0.3 is 28.7 Å². The summed E-state index contributed by atoms with van der Waals surface area (Å²) >= 11 is 3.24. The number of fused-ring (bicyclic) bond motifs is 1. The fourth-order valence-corrected chi connectivity index (χ4v) is 3.53. The molecule has 0 saturated heterocycles. The summed E-state index contributed by atoms with van der Waals surface area (Å²) in [5.74, 6) is -1.41. The third-order valence-corrected chi connectivity index (χ3v) is 4.99. The number of nitrogens with zero attached hydrogens (tertiary/aromatic N) is 2. The second kappa shape index (κ2) is 12.1. The highest BCUT2D eigenvalue weighted by molar-refractivity contribution is 9.10. The van der Waals surface area contributed by atoms with Crippen molar-refractivity contribution in [1.29, 1.82) is 0 Å². The van der Waals surface area contributed by atoms with Gasteiger partial charge in [0.15, 0.2) is 0 Å². The van der Waals surface area contributed by atoms with E-state index in [0.717, 1.165) is 13.0 Å². The number of esters is 1. The summed E-state index contributed by atoms with van der Waals surface area (Å²) in [6, 6.07) is 3.06. The molecule has 0 amide bonds. The Kier molecular flexibility index (Phi) is 9.71. The van der Waals surface area contributed by atoms with E-state index in [9.17, 15) is 32.9 Å². The second-order valence-electron chi connectivity index (χ2n) is 7.33. The van der Waals surface area contributed by atoms with Crippen LogP contribution in [-0.4, -0.2) is 74.0 Å². The maximum atomic E-state index is 13.6. The molecule has 0 saturated carbocycles. The molecule has 0 fully saturated rings. The van der Waals surface area contributed by atoms with Crippen LogP contribution < -0.4 is 4.74 Å². The van der Waals surface area contributed by atoms with Gasteiger partial charge in [0, 0.05) is 30.0 Å². The predicted molar refractivity (Wildman–Crippen MR) is 116 cm³/mol. The topological polar surface area (TPSA) is 127 Å². The number of carbonyl (C=O) groups excluding carboxylic acids is 2. The standard InChI is InChI=1S/C20H22BrF3N2O9/c1-11-8-14(21)9-13-10-15(17(20(22,23)24)35-16(11)13)18(27)33-12(2)34-19(28)31-6-4-25(3)5-7-32-26(29)30/h8-10,12,17H,4-7H2,1-3H3/t12?,17-/m0/s1. The van der Waals surface area contributed by atoms with Crippen molar-refractivity contribution in [2.24, 2.45) is 0 Å². The van der Waals surface area contributed by atoms with E-state index >= 15 is 0 Å². The number of benzene rings is 1. The zero-order valence-electron chi connectivity index (χ0n) is 18.8. The maximum Gasteiger partial charge on any atom is 0.511 e. The summed E-state index contributed by atoms with van der Waals surface area (Å²) in [5.41, 5.74) is -0.141. The molecule has 35 heavy (non-hydrogen) atoms. The first-order valence-corrected chi connectivity index (χ1v) is 10.8. The number of carbonyl (C=O) groups is 2. The Hall–Kier alpha value is -3.07. The maximum absolute atomic E-state index is 13.6. The lowest BCUT2D eigenvalue weighted by molar-refractivity contribution is -0.757. The van der Waals surface area contributed by atoms with Gasteiger partial charge in [-0.3, -0.25) is 0 Å². The number of hydrogen-bond donors (Lipinski definition) is 0. The average molecular weight is 571 g/mol. The molecule has 1 aromatic rings. The Bertz CT molecular complexity index is 987. The summed E-state index contributed by atoms with van der Waals surface area (Å²) in [5, 5.41) is 9.15. The minimum Gasteiger partial charge on any atom is -0.475 e. The van der Waals surface area contributed by atoms with E-state index in [2.05, 4.69) is 20.8 Å². The monoisotopic (exact) mass is 570 g/mol. The minimum absolute atomic E-state index is 0.0186. The van der Waals surface area contributed by atoms with Gasteiger partial charge in [-0.25, -0.2) is 9.59 Å². The van der Waals surface area contributed by atoms with Gasteiger partial charge in [-0.1, -0.05) is 15.9 Å². The molecule has 0 bridgehead atoms. The van der Waals surface area contributed by atoms with Crippen molar-refractivity contribution in [3.63, 3.8) is 0 Å². The number of aryl methyl sites for hydroxylation is 1. The zero-order valence-corrected chi connectivity index (χ0v) is 20.4. The van der Waals surface area contributed by atoms with Crippen molar-refractivity contribution in [1.82, 2.24) is 4.90 Å². The number of ether oxygens (including phenoxy) is 4. The van der Waals surface area contributed by atoms with Crippen LogP contribution in [0.25, 0.3) is 6.08 Å². The molecule has 0 radical (unpaired) electrons. The van der Waals surface area contributed by atoms with Crippen LogP contribution in [0.3, 0.4) is 0 Å². The van der Waals surface area contributed by atoms with Gasteiger partial charge in [0.1, 0.15) is 19.0 Å². The van der Waals surface area contributed by atoms with Crippen LogP contribution in [0.4, 0.5) is 18.0 Å². The lowest BCUT2D eigenvalue weighted by Crippen LogP contribution is -2.41. The highest BCUT2D eigenvalue weighted by Gasteiger charge is 2.49. The van der Waals surface area contributed by atoms with Crippen molar-refractivity contribution < 1.29 is 51.6 Å². The Morgan fingerprint density at radius 2 is 1.91 bits per heavy atom. The molecule has 1 unspecified atom stereocenters. The van der Waals surface area contributed by atoms with Gasteiger partial charge in [-0.15, -0.1) is 10.1 Å². The van der Waals surface area contributed by atoms with Crippen molar-refractivity contribution in [3.05, 3.63) is 43.4 Å². The molecular formula is C20H22BrF3N2O9. The van der Waals surface area contributed by atoms with Crippen LogP contribution in [0.15, 0.2) is 22.2 Å². The summed E-state index contributed by atoms with van der Waals surface area (Å²) in [6.07, 6.45) is -9.27. The third kappa shape index (κ3) is 8.58. The van der Waals surface area contributed by atoms with Gasteiger partial charge in [0.05, 0.1) is 5.57 Å². The van der Waals surface area contributed by atoms with Crippen LogP contribution in [-0.2, 0) is 23.8 Å². The SMILES string of the molecule is Cc1cc(Br)cc2c1O[C@H](C(F)(F)F)C(C(=O)OC(C)OC(=O)OCCN(C)CCO[N+](=O)[O-])=C2. The lowest BCUT2D eigenvalue weighted by Gasteiger charge is -2.29. The molecule has 1 aromatic carbocycles. The highest BCUT2D eigenvalue weighted by Crippen LogP contribution is 2.40. The van der Waals surface area contributed by atoms with Gasteiger partial charge in [0.2, 0.25) is 12.4 Å². The highest BCUT2D eigenvalue weighted by atomic mass is 79.9. The van der Waals surface area contributed by atoms with E-state index in [4.69, 9.17) is 18.9 Å². The van der Waals surface area contributed by atoms with Gasteiger partial charge in [-0.05, 0) is 37.7 Å². The van der Waals surface area contributed by atoms with Crippen molar-refractivity contribution in [2.75, 3.05) is 33.4 Å². The van der Waals surface area contributed by atoms with Crippen LogP contribution in [0.1, 0.15) is 18.1 Å². The molecule has 1 heterocycles. The summed E-state index contributed by atoms with van der Waals surface area (Å²) in [6.45, 7) is 2.70. The molecule has 11 nitrogen and oxygen atoms in total. The summed E-state index contributed by atoms with van der Waals surface area (Å²) < 4.78 is 60.8. The fourth-order valence-electron chi connectivity index (χ4n) is 2.94. The molecule has 0 aliphatic carbocycles. The fraction of sp³-hybridized carbons (Fsp3) is 0.500. The molecule has 0 aromatic heterocycles. The van der Waals surface area contributed by atoms with Crippen LogP contribution >= 0.6 is 15.9 Å². The van der Waals surface area contributed by atoms with Crippen LogP contribution in [0.5, 0.6) is 5.75 Å². The smallest absolute Gasteiger partial charge is 0.475 e. The molecule has 0 spiro atoms. The second-order valence-corrected chi connectivity index (χ2v) is 8.25. The molecule has 0 N–H and O–H groups in total. The summed E-state index contributed by atoms with van der Waals surface area (Å²) in [4.78, 5) is 40.1. The van der Waals surface area contributed by atoms with E-state index in [0.29, 0.717) is 10.0 Å². The Morgan fingerprint density at radius 1 is 1.26 bits per heavy atom. The molecule has 2 rings (SSSR count). The Labute approximate surface area is 205 Å². The molecular weight excluding hydrogens is 549 g/mol. The van der Waals surface area contributed by atoms with E-state index < -0.39 is 41.4 Å². The first-order chi connectivity index (χ1) is 16.3. The molecule has 194 valence electrons. The predicted octanol–water partition coefficient (Wildman–Crippen LogP) is 3.65. The van der Waals surface area contributed by atoms with Crippen molar-refractivity contribution >= 4 is 34.1 Å². The van der Waals surface area contributed by atoms with Gasteiger partial charge >= 0.3 is 18.3 Å². The van der Waals surface area contributed by atoms with Crippen LogP contribution in [0.2, 0.25) is 0 Å². The zero-order chi connectivity index (χ0) is 26.3. The number of rotatable bonds is 10. The average Bonchev–Trinajstić information content (AvgIpc) is 2.71. The van der Waals surface area contributed by atoms with E-state index in [1.807, 2.05) is 0 Å². The first kappa shape index (κ1) is 28.2. The first-order valence-electron chi connectivity index (χ1n) is 10.0. The van der Waals surface area contributed by atoms with Crippen LogP contribution in [0, 0.1) is 17.0 Å². The number of halogens is 4. The number of likely N-dealkylation sites (N-methyl/N-ethyl adjacent to an activating group) is 1. The van der Waals surface area contributed by atoms with E-state index in [-0.39, 0.29) is 37.6 Å². The van der Waals surface area contributed by atoms with Crippen molar-refractivity contribution in [3.8, 4) is 5.75 Å². The number of alkyl halides is 3. The van der Waals surface area contributed by atoms with E-state index in [1.165, 1.54) is 6.07 Å². The lowest BCUT2D eigenvalue weighted by atomic mass is 9.99. The largest absolute Gasteiger partial charge is 0.511 e. The van der Waals surface area contributed by atoms with Gasteiger partial charge in [-0.2, -0.15) is 13.2 Å². The Balaban J connectivity index is 1.94. The normalized spacial score (nSPS) is 15.9. The third-order valence-electron chi connectivity index (χ3n) is 4.53.